The largest absolute Gasteiger partial charge is 0.406 e. The molecule has 0 N–H and O–H groups in total. The maximum absolute atomic E-state index is 13.6. The maximum atomic E-state index is 13.6. The average molecular weight is 545 g/mol. The van der Waals surface area contributed by atoms with Gasteiger partial charge in [0.15, 0.2) is 5.78 Å². The Balaban J connectivity index is 2.30. The van der Waals surface area contributed by atoms with Gasteiger partial charge in [-0.15, -0.1) is 0 Å². The Hall–Kier alpha value is -1.65. The predicted molar refractivity (Wildman–Crippen MR) is 103 cm³/mol. The van der Waals surface area contributed by atoms with Crippen LogP contribution >= 0.6 is 43.5 Å². The summed E-state index contributed by atoms with van der Waals surface area (Å²) in [5.41, 5.74) is -0.950. The van der Waals surface area contributed by atoms with Crippen LogP contribution in [0.2, 0.25) is 5.02 Å². The van der Waals surface area contributed by atoms with E-state index < -0.39 is 30.0 Å². The minimum absolute atomic E-state index is 0.000223. The summed E-state index contributed by atoms with van der Waals surface area (Å²) in [6.45, 7) is -1.48. The van der Waals surface area contributed by atoms with E-state index in [-0.39, 0.29) is 36.1 Å². The summed E-state index contributed by atoms with van der Waals surface area (Å²) in [6.07, 6.45) is -4.61. The molecule has 0 aliphatic rings. The van der Waals surface area contributed by atoms with Crippen molar-refractivity contribution in [3.8, 4) is 0 Å². The number of carbonyl (C=O) groups is 1. The molecule has 3 rings (SSSR count). The molecule has 1 heterocycles. The van der Waals surface area contributed by atoms with Crippen LogP contribution < -0.4 is 5.69 Å². The second kappa shape index (κ2) is 7.31. The SMILES string of the molecule is Cn1c(=O)n(CC(F)(F)F)c2cc(Br)c(C(=O)c3cc(F)ccc3Cl)c(Br)c21. The summed E-state index contributed by atoms with van der Waals surface area (Å²) in [5, 5.41) is 0.00817. The highest BCUT2D eigenvalue weighted by Gasteiger charge is 2.32. The Morgan fingerprint density at radius 2 is 1.86 bits per heavy atom. The number of aromatic nitrogens is 2. The van der Waals surface area contributed by atoms with Crippen molar-refractivity contribution in [3.05, 3.63) is 65.7 Å². The van der Waals surface area contributed by atoms with Crippen molar-refractivity contribution in [2.75, 3.05) is 0 Å². The number of rotatable bonds is 3. The summed E-state index contributed by atoms with van der Waals surface area (Å²) in [5.74, 6) is -1.34. The van der Waals surface area contributed by atoms with Gasteiger partial charge in [-0.3, -0.25) is 13.9 Å². The van der Waals surface area contributed by atoms with E-state index in [1.807, 2.05) is 0 Å². The molecule has 0 bridgehead atoms. The predicted octanol–water partition coefficient (Wildman–Crippen LogP) is 5.45. The van der Waals surface area contributed by atoms with Gasteiger partial charge in [0.2, 0.25) is 0 Å². The Morgan fingerprint density at radius 1 is 1.21 bits per heavy atom. The molecule has 0 radical (unpaired) electrons. The highest BCUT2D eigenvalue weighted by molar-refractivity contribution is 9.11. The number of imidazole rings is 1. The van der Waals surface area contributed by atoms with E-state index in [9.17, 15) is 27.2 Å². The smallest absolute Gasteiger partial charge is 0.294 e. The van der Waals surface area contributed by atoms with Crippen molar-refractivity contribution in [3.63, 3.8) is 0 Å². The third-order valence-corrected chi connectivity index (χ3v) is 5.78. The molecule has 1 aromatic heterocycles. The summed E-state index contributed by atoms with van der Waals surface area (Å²) in [7, 11) is 1.29. The van der Waals surface area contributed by atoms with Gasteiger partial charge in [-0.2, -0.15) is 13.2 Å². The highest BCUT2D eigenvalue weighted by atomic mass is 79.9. The standard InChI is InChI=1S/C17H9Br2ClF4N2O2/c1-25-14-11(26(16(25)28)6-17(22,23)24)5-9(18)12(13(14)19)15(27)8-4-7(21)2-3-10(8)20/h2-5H,6H2,1H3. The van der Waals surface area contributed by atoms with Crippen molar-refractivity contribution in [2.24, 2.45) is 7.05 Å². The number of benzene rings is 2. The van der Waals surface area contributed by atoms with Crippen molar-refractivity contribution >= 4 is 60.3 Å². The molecule has 0 aliphatic carbocycles. The Labute approximate surface area is 177 Å². The molecule has 0 unspecified atom stereocenters. The first-order chi connectivity index (χ1) is 12.9. The molecule has 0 saturated carbocycles. The molecule has 3 aromatic rings. The van der Waals surface area contributed by atoms with E-state index >= 15 is 0 Å². The average Bonchev–Trinajstić information content (AvgIpc) is 2.80. The number of carbonyl (C=O) groups excluding carboxylic acids is 1. The second-order valence-electron chi connectivity index (χ2n) is 5.91. The number of hydrogen-bond acceptors (Lipinski definition) is 2. The van der Waals surface area contributed by atoms with Crippen LogP contribution in [0, 0.1) is 5.82 Å². The van der Waals surface area contributed by atoms with Crippen molar-refractivity contribution < 1.29 is 22.4 Å². The van der Waals surface area contributed by atoms with Crippen LogP contribution in [0.5, 0.6) is 0 Å². The third kappa shape index (κ3) is 3.65. The zero-order chi connectivity index (χ0) is 21.0. The molecule has 0 aliphatic heterocycles. The Bertz CT molecular complexity index is 1180. The minimum atomic E-state index is -4.61. The van der Waals surface area contributed by atoms with Crippen molar-refractivity contribution in [1.82, 2.24) is 9.13 Å². The fourth-order valence-electron chi connectivity index (χ4n) is 2.85. The number of halogens is 7. The highest BCUT2D eigenvalue weighted by Crippen LogP contribution is 2.36. The minimum Gasteiger partial charge on any atom is -0.294 e. The maximum Gasteiger partial charge on any atom is 0.406 e. The van der Waals surface area contributed by atoms with E-state index in [1.54, 1.807) is 0 Å². The quantitative estimate of drug-likeness (QED) is 0.325. The molecule has 11 heteroatoms. The molecular formula is C17H9Br2ClF4N2O2. The Morgan fingerprint density at radius 3 is 2.46 bits per heavy atom. The summed E-state index contributed by atoms with van der Waals surface area (Å²) in [6, 6.07) is 4.52. The molecule has 4 nitrogen and oxygen atoms in total. The van der Waals surface area contributed by atoms with Crippen LogP contribution in [0.15, 0.2) is 38.0 Å². The molecule has 28 heavy (non-hydrogen) atoms. The molecule has 0 amide bonds. The summed E-state index contributed by atoms with van der Waals surface area (Å²) in [4.78, 5) is 25.3. The van der Waals surface area contributed by atoms with Crippen LogP contribution in [0.1, 0.15) is 15.9 Å². The van der Waals surface area contributed by atoms with Gasteiger partial charge in [-0.1, -0.05) is 11.6 Å². The summed E-state index contributed by atoms with van der Waals surface area (Å²) >= 11 is 12.4. The van der Waals surface area contributed by atoms with E-state index in [2.05, 4.69) is 31.9 Å². The second-order valence-corrected chi connectivity index (χ2v) is 7.97. The number of hydrogen-bond donors (Lipinski definition) is 0. The first kappa shape index (κ1) is 21.1. The van der Waals surface area contributed by atoms with Crippen molar-refractivity contribution in [2.45, 2.75) is 12.7 Å². The van der Waals surface area contributed by atoms with Gasteiger partial charge in [-0.05, 0) is 56.1 Å². The summed E-state index contributed by atoms with van der Waals surface area (Å²) < 4.78 is 54.0. The van der Waals surface area contributed by atoms with Gasteiger partial charge in [0.1, 0.15) is 12.4 Å². The zero-order valence-electron chi connectivity index (χ0n) is 13.9. The number of nitrogens with zero attached hydrogens (tertiary/aromatic N) is 2. The van der Waals surface area contributed by atoms with Gasteiger partial charge in [0, 0.05) is 17.1 Å². The fraction of sp³-hybridized carbons (Fsp3) is 0.176. The van der Waals surface area contributed by atoms with E-state index in [1.165, 1.54) is 19.2 Å². The topological polar surface area (TPSA) is 44.0 Å². The molecule has 0 atom stereocenters. The van der Waals surface area contributed by atoms with Crippen molar-refractivity contribution in [1.29, 1.82) is 0 Å². The lowest BCUT2D eigenvalue weighted by atomic mass is 10.0. The molecular weight excluding hydrogens is 535 g/mol. The molecule has 0 fully saturated rings. The lowest BCUT2D eigenvalue weighted by Crippen LogP contribution is -2.28. The first-order valence-corrected chi connectivity index (χ1v) is 9.52. The molecule has 0 spiro atoms. The van der Waals surface area contributed by atoms with Crippen LogP contribution in [0.3, 0.4) is 0 Å². The number of aryl methyl sites for hydroxylation is 1. The number of alkyl halides is 3. The zero-order valence-corrected chi connectivity index (χ0v) is 17.8. The van der Waals surface area contributed by atoms with E-state index in [0.717, 1.165) is 16.7 Å². The number of fused-ring (bicyclic) bond motifs is 1. The van der Waals surface area contributed by atoms with E-state index in [4.69, 9.17) is 11.6 Å². The molecule has 0 saturated heterocycles. The molecule has 148 valence electrons. The van der Waals surface area contributed by atoms with Gasteiger partial charge in [-0.25, -0.2) is 9.18 Å². The van der Waals surface area contributed by atoms with Gasteiger partial charge >= 0.3 is 11.9 Å². The van der Waals surface area contributed by atoms with Crippen LogP contribution in [0.4, 0.5) is 17.6 Å². The van der Waals surface area contributed by atoms with Crippen LogP contribution in [-0.2, 0) is 13.6 Å². The van der Waals surface area contributed by atoms with Gasteiger partial charge in [0.25, 0.3) is 0 Å². The van der Waals surface area contributed by atoms with E-state index in [0.29, 0.717) is 4.57 Å². The van der Waals surface area contributed by atoms with Crippen LogP contribution in [0.25, 0.3) is 11.0 Å². The van der Waals surface area contributed by atoms with Gasteiger partial charge in [0.05, 0.1) is 26.1 Å². The monoisotopic (exact) mass is 542 g/mol. The van der Waals surface area contributed by atoms with Crippen LogP contribution in [-0.4, -0.2) is 21.1 Å². The third-order valence-electron chi connectivity index (χ3n) is 4.05. The lowest BCUT2D eigenvalue weighted by molar-refractivity contribution is -0.140. The lowest BCUT2D eigenvalue weighted by Gasteiger charge is -2.12. The number of ketones is 1. The fourth-order valence-corrected chi connectivity index (χ4v) is 4.77. The molecule has 2 aromatic carbocycles. The Kier molecular flexibility index (Phi) is 5.50. The van der Waals surface area contributed by atoms with Gasteiger partial charge < -0.3 is 0 Å². The normalized spacial score (nSPS) is 12.0. The first-order valence-electron chi connectivity index (χ1n) is 7.56.